The average Bonchev–Trinajstić information content (AvgIpc) is 2.51. The van der Waals surface area contributed by atoms with Crippen LogP contribution in [0.4, 0.5) is 4.79 Å². The maximum Gasteiger partial charge on any atom is 0.414 e. The number of benzene rings is 1. The molecule has 0 saturated carbocycles. The molecule has 1 aromatic rings. The molecule has 4 nitrogen and oxygen atoms in total. The number of hydrogen-bond donors (Lipinski definition) is 0. The minimum absolute atomic E-state index is 0.0199. The number of ether oxygens (including phenoxy) is 1. The molecule has 0 spiro atoms. The molecule has 1 atom stereocenters. The van der Waals surface area contributed by atoms with Crippen molar-refractivity contribution in [1.82, 2.24) is 4.90 Å². The van der Waals surface area contributed by atoms with E-state index in [1.807, 2.05) is 30.3 Å². The fourth-order valence-electron chi connectivity index (χ4n) is 2.33. The second-order valence-electron chi connectivity index (χ2n) is 5.24. The first-order chi connectivity index (χ1) is 10.8. The number of carbonyl (C=O) groups is 2. The van der Waals surface area contributed by atoms with Crippen LogP contribution in [0.3, 0.4) is 0 Å². The van der Waals surface area contributed by atoms with Gasteiger partial charge in [-0.25, -0.2) is 4.79 Å². The van der Waals surface area contributed by atoms with Crippen LogP contribution in [0.2, 0.25) is 0 Å². The number of halogens is 3. The van der Waals surface area contributed by atoms with Crippen molar-refractivity contribution >= 4 is 46.7 Å². The number of rotatable bonds is 4. The van der Waals surface area contributed by atoms with E-state index in [1.54, 1.807) is 0 Å². The van der Waals surface area contributed by atoms with Crippen molar-refractivity contribution in [2.75, 3.05) is 6.61 Å². The zero-order chi connectivity index (χ0) is 16.9. The zero-order valence-electron chi connectivity index (χ0n) is 12.3. The Morgan fingerprint density at radius 2 is 1.96 bits per heavy atom. The maximum absolute atomic E-state index is 12.1. The van der Waals surface area contributed by atoms with Crippen LogP contribution in [0.25, 0.3) is 0 Å². The summed E-state index contributed by atoms with van der Waals surface area (Å²) in [5.74, 6) is -0.0199. The fraction of sp³-hybridized carbons (Fsp3) is 0.375. The number of alkyl halides is 3. The van der Waals surface area contributed by atoms with Crippen LogP contribution >= 0.6 is 34.8 Å². The quantitative estimate of drug-likeness (QED) is 0.737. The Hall–Kier alpha value is -1.23. The Morgan fingerprint density at radius 1 is 1.26 bits per heavy atom. The van der Waals surface area contributed by atoms with E-state index in [2.05, 4.69) is 0 Å². The van der Waals surface area contributed by atoms with Gasteiger partial charge in [0, 0.05) is 18.7 Å². The molecule has 0 aliphatic carbocycles. The van der Waals surface area contributed by atoms with E-state index in [1.165, 1.54) is 17.2 Å². The highest BCUT2D eigenvalue weighted by molar-refractivity contribution is 6.67. The lowest BCUT2D eigenvalue weighted by Crippen LogP contribution is -2.41. The van der Waals surface area contributed by atoms with Gasteiger partial charge >= 0.3 is 6.09 Å². The topological polar surface area (TPSA) is 46.6 Å². The molecular formula is C16H16Cl3NO3. The van der Waals surface area contributed by atoms with Crippen molar-refractivity contribution in [1.29, 1.82) is 0 Å². The Kier molecular flexibility index (Phi) is 6.33. The number of allylic oxidation sites excluding steroid dienone is 1. The minimum atomic E-state index is -1.66. The van der Waals surface area contributed by atoms with Gasteiger partial charge < -0.3 is 4.74 Å². The molecule has 0 saturated heterocycles. The maximum atomic E-state index is 12.1. The predicted molar refractivity (Wildman–Crippen MR) is 90.8 cm³/mol. The van der Waals surface area contributed by atoms with Crippen LogP contribution in [0.15, 0.2) is 42.6 Å². The number of nitrogens with zero attached hydrogens (tertiary/aromatic N) is 1. The van der Waals surface area contributed by atoms with Gasteiger partial charge in [0.2, 0.25) is 3.79 Å². The molecule has 0 bridgehead atoms. The third kappa shape index (κ3) is 6.05. The molecule has 0 aromatic heterocycles. The highest BCUT2D eigenvalue weighted by Crippen LogP contribution is 2.27. The summed E-state index contributed by atoms with van der Waals surface area (Å²) < 4.78 is 3.33. The van der Waals surface area contributed by atoms with Crippen molar-refractivity contribution in [2.24, 2.45) is 0 Å². The summed E-state index contributed by atoms with van der Waals surface area (Å²) in [5, 5.41) is 0. The van der Waals surface area contributed by atoms with Crippen molar-refractivity contribution < 1.29 is 14.3 Å². The first-order valence-electron chi connectivity index (χ1n) is 7.12. The summed E-state index contributed by atoms with van der Waals surface area (Å²) in [6.07, 6.45) is 3.81. The fourth-order valence-corrected chi connectivity index (χ4v) is 2.49. The third-order valence-electron chi connectivity index (χ3n) is 3.43. The van der Waals surface area contributed by atoms with E-state index < -0.39 is 9.89 Å². The van der Waals surface area contributed by atoms with Crippen molar-refractivity contribution in [3.8, 4) is 0 Å². The monoisotopic (exact) mass is 375 g/mol. The number of carbonyl (C=O) groups excluding carboxylic acids is 2. The Morgan fingerprint density at radius 3 is 2.61 bits per heavy atom. The molecule has 1 amide bonds. The van der Waals surface area contributed by atoms with Crippen LogP contribution in [0.1, 0.15) is 18.4 Å². The lowest BCUT2D eigenvalue weighted by atomic mass is 9.98. The van der Waals surface area contributed by atoms with Crippen molar-refractivity contribution in [2.45, 2.75) is 29.1 Å². The molecule has 0 N–H and O–H groups in total. The largest absolute Gasteiger partial charge is 0.445 e. The SMILES string of the molecule is O=C1C=CN(C(=O)OCC(Cl)(Cl)Cl)C(CCc2ccccc2)C1. The standard InChI is InChI=1S/C16H16Cl3NO3/c17-16(18,19)11-23-15(22)20-9-8-14(21)10-13(20)7-6-12-4-2-1-3-5-12/h1-5,8-9,13H,6-7,10-11H2. The van der Waals surface area contributed by atoms with Gasteiger partial charge in [0.1, 0.15) is 6.61 Å². The van der Waals surface area contributed by atoms with Crippen LogP contribution in [-0.4, -0.2) is 33.2 Å². The van der Waals surface area contributed by atoms with E-state index in [0.717, 1.165) is 12.0 Å². The molecule has 2 rings (SSSR count). The lowest BCUT2D eigenvalue weighted by molar-refractivity contribution is -0.116. The van der Waals surface area contributed by atoms with Crippen LogP contribution in [-0.2, 0) is 16.0 Å². The average molecular weight is 377 g/mol. The molecule has 7 heteroatoms. The summed E-state index contributed by atoms with van der Waals surface area (Å²) in [4.78, 5) is 25.2. The molecule has 1 aromatic carbocycles. The summed E-state index contributed by atoms with van der Waals surface area (Å²) in [5.41, 5.74) is 1.14. The van der Waals surface area contributed by atoms with Gasteiger partial charge in [-0.1, -0.05) is 65.1 Å². The van der Waals surface area contributed by atoms with Crippen LogP contribution < -0.4 is 0 Å². The van der Waals surface area contributed by atoms with Crippen molar-refractivity contribution in [3.63, 3.8) is 0 Å². The second-order valence-corrected chi connectivity index (χ2v) is 7.76. The molecular weight excluding hydrogens is 361 g/mol. The summed E-state index contributed by atoms with van der Waals surface area (Å²) in [6.45, 7) is -0.347. The molecule has 0 fully saturated rings. The Labute approximate surface area is 149 Å². The molecule has 124 valence electrons. The van der Waals surface area contributed by atoms with Gasteiger partial charge in [0.25, 0.3) is 0 Å². The van der Waals surface area contributed by atoms with Gasteiger partial charge in [-0.15, -0.1) is 0 Å². The van der Waals surface area contributed by atoms with Gasteiger partial charge in [0.05, 0.1) is 0 Å². The van der Waals surface area contributed by atoms with Gasteiger partial charge in [-0.3, -0.25) is 9.69 Å². The zero-order valence-corrected chi connectivity index (χ0v) is 14.5. The smallest absolute Gasteiger partial charge is 0.414 e. The minimum Gasteiger partial charge on any atom is -0.445 e. The van der Waals surface area contributed by atoms with Crippen LogP contribution in [0.5, 0.6) is 0 Å². The first kappa shape index (κ1) is 18.1. The van der Waals surface area contributed by atoms with E-state index in [-0.39, 0.29) is 24.9 Å². The van der Waals surface area contributed by atoms with E-state index >= 15 is 0 Å². The molecule has 0 radical (unpaired) electrons. The third-order valence-corrected chi connectivity index (χ3v) is 3.76. The normalized spacial score (nSPS) is 18.1. The summed E-state index contributed by atoms with van der Waals surface area (Å²) >= 11 is 16.7. The van der Waals surface area contributed by atoms with E-state index in [0.29, 0.717) is 6.42 Å². The molecule has 1 aliphatic heterocycles. The van der Waals surface area contributed by atoms with Gasteiger partial charge in [0.15, 0.2) is 5.78 Å². The highest BCUT2D eigenvalue weighted by Gasteiger charge is 2.30. The highest BCUT2D eigenvalue weighted by atomic mass is 35.6. The number of aryl methyl sites for hydroxylation is 1. The summed E-state index contributed by atoms with van der Waals surface area (Å²) in [7, 11) is 0. The number of ketones is 1. The Bertz CT molecular complexity index is 584. The first-order valence-corrected chi connectivity index (χ1v) is 8.25. The van der Waals surface area contributed by atoms with Gasteiger partial charge in [-0.05, 0) is 24.5 Å². The van der Waals surface area contributed by atoms with Crippen molar-refractivity contribution in [3.05, 3.63) is 48.2 Å². The van der Waals surface area contributed by atoms with E-state index in [4.69, 9.17) is 39.5 Å². The molecule has 1 unspecified atom stereocenters. The van der Waals surface area contributed by atoms with E-state index in [9.17, 15) is 9.59 Å². The molecule has 23 heavy (non-hydrogen) atoms. The number of hydrogen-bond acceptors (Lipinski definition) is 3. The Balaban J connectivity index is 1.98. The van der Waals surface area contributed by atoms with Crippen LogP contribution in [0, 0.1) is 0 Å². The summed E-state index contributed by atoms with van der Waals surface area (Å²) in [6, 6.07) is 9.59. The predicted octanol–water partition coefficient (Wildman–Crippen LogP) is 4.28. The molecule has 1 aliphatic rings. The molecule has 1 heterocycles. The number of amides is 1. The second kappa shape index (κ2) is 8.04. The van der Waals surface area contributed by atoms with Gasteiger partial charge in [-0.2, -0.15) is 0 Å². The lowest BCUT2D eigenvalue weighted by Gasteiger charge is -2.30.